The Kier molecular flexibility index (Phi) is 4.36. The Morgan fingerprint density at radius 1 is 1.50 bits per heavy atom. The van der Waals surface area contributed by atoms with Gasteiger partial charge in [0.05, 0.1) is 0 Å². The largest absolute Gasteiger partial charge is 0.396 e. The zero-order valence-corrected chi connectivity index (χ0v) is 5.46. The Labute approximate surface area is 50.4 Å². The molecule has 0 aliphatic heterocycles. The van der Waals surface area contributed by atoms with E-state index in [0.717, 1.165) is 6.42 Å². The van der Waals surface area contributed by atoms with Crippen LogP contribution >= 0.6 is 0 Å². The number of nitrogens with zero attached hydrogens (tertiary/aromatic N) is 1. The minimum absolute atomic E-state index is 0.240. The first-order chi connectivity index (χ1) is 3.77. The maximum atomic E-state index is 8.31. The SMILES string of the molecule is CN(C)/C=C/CCO. The van der Waals surface area contributed by atoms with Gasteiger partial charge in [-0.1, -0.05) is 6.08 Å². The van der Waals surface area contributed by atoms with Gasteiger partial charge in [-0.15, -0.1) is 0 Å². The van der Waals surface area contributed by atoms with E-state index in [1.165, 1.54) is 0 Å². The molecule has 0 amide bonds. The van der Waals surface area contributed by atoms with Crippen LogP contribution in [0.4, 0.5) is 0 Å². The highest BCUT2D eigenvalue weighted by atomic mass is 16.2. The van der Waals surface area contributed by atoms with Crippen LogP contribution in [0.15, 0.2) is 12.3 Å². The van der Waals surface area contributed by atoms with E-state index in [1.54, 1.807) is 0 Å². The molecule has 0 radical (unpaired) electrons. The van der Waals surface area contributed by atoms with E-state index in [1.807, 2.05) is 31.3 Å². The molecule has 0 atom stereocenters. The Hall–Kier alpha value is -0.500. The van der Waals surface area contributed by atoms with E-state index >= 15 is 0 Å². The molecule has 1 N–H and O–H groups in total. The molecule has 0 rings (SSSR count). The molecular weight excluding hydrogens is 102 g/mol. The molecule has 2 nitrogen and oxygen atoms in total. The number of hydrogen-bond donors (Lipinski definition) is 1. The first kappa shape index (κ1) is 7.50. The molecule has 8 heavy (non-hydrogen) atoms. The second kappa shape index (κ2) is 4.65. The highest BCUT2D eigenvalue weighted by Gasteiger charge is 1.74. The Morgan fingerprint density at radius 3 is 2.50 bits per heavy atom. The lowest BCUT2D eigenvalue weighted by Crippen LogP contribution is -1.99. The predicted octanol–water partition coefficient (Wildman–Crippen LogP) is 0.444. The van der Waals surface area contributed by atoms with E-state index in [4.69, 9.17) is 5.11 Å². The molecule has 0 bridgehead atoms. The molecule has 0 aliphatic rings. The lowest BCUT2D eigenvalue weighted by Gasteiger charge is -2.01. The van der Waals surface area contributed by atoms with Crippen LogP contribution in [0.3, 0.4) is 0 Å². The fourth-order valence-corrected chi connectivity index (χ4v) is 0.360. The minimum atomic E-state index is 0.240. The summed E-state index contributed by atoms with van der Waals surface area (Å²) in [5.74, 6) is 0. The van der Waals surface area contributed by atoms with Crippen LogP contribution in [0.25, 0.3) is 0 Å². The molecule has 0 unspecified atom stereocenters. The van der Waals surface area contributed by atoms with E-state index in [9.17, 15) is 0 Å². The first-order valence-electron chi connectivity index (χ1n) is 2.71. The summed E-state index contributed by atoms with van der Waals surface area (Å²) >= 11 is 0. The molecule has 0 aromatic carbocycles. The minimum Gasteiger partial charge on any atom is -0.396 e. The van der Waals surface area contributed by atoms with Gasteiger partial charge in [-0.05, 0) is 12.6 Å². The van der Waals surface area contributed by atoms with Gasteiger partial charge >= 0.3 is 0 Å². The van der Waals surface area contributed by atoms with Crippen molar-refractivity contribution in [1.29, 1.82) is 0 Å². The second-order valence-electron chi connectivity index (χ2n) is 1.86. The summed E-state index contributed by atoms with van der Waals surface area (Å²) in [7, 11) is 3.90. The fraction of sp³-hybridized carbons (Fsp3) is 0.667. The van der Waals surface area contributed by atoms with E-state index in [-0.39, 0.29) is 6.61 Å². The summed E-state index contributed by atoms with van der Waals surface area (Å²) < 4.78 is 0. The van der Waals surface area contributed by atoms with Gasteiger partial charge < -0.3 is 10.0 Å². The quantitative estimate of drug-likeness (QED) is 0.577. The highest BCUT2D eigenvalue weighted by Crippen LogP contribution is 1.81. The van der Waals surface area contributed by atoms with Crippen molar-refractivity contribution in [3.8, 4) is 0 Å². The van der Waals surface area contributed by atoms with Crippen molar-refractivity contribution < 1.29 is 5.11 Å². The Bertz CT molecular complexity index is 68.9. The average Bonchev–Trinajstić information content (AvgIpc) is 1.66. The molecular formula is C6H13NO. The van der Waals surface area contributed by atoms with Crippen LogP contribution in [0.5, 0.6) is 0 Å². The van der Waals surface area contributed by atoms with Gasteiger partial charge in [-0.25, -0.2) is 0 Å². The second-order valence-corrected chi connectivity index (χ2v) is 1.86. The molecule has 0 saturated heterocycles. The third-order valence-corrected chi connectivity index (χ3v) is 0.699. The van der Waals surface area contributed by atoms with Gasteiger partial charge in [0.15, 0.2) is 0 Å². The monoisotopic (exact) mass is 115 g/mol. The Balaban J connectivity index is 3.07. The lowest BCUT2D eigenvalue weighted by atomic mass is 10.4. The van der Waals surface area contributed by atoms with Crippen molar-refractivity contribution in [3.05, 3.63) is 12.3 Å². The number of hydrogen-bond acceptors (Lipinski definition) is 2. The van der Waals surface area contributed by atoms with Gasteiger partial charge in [0, 0.05) is 20.7 Å². The first-order valence-corrected chi connectivity index (χ1v) is 2.71. The van der Waals surface area contributed by atoms with Crippen molar-refractivity contribution in [3.63, 3.8) is 0 Å². The van der Waals surface area contributed by atoms with E-state index < -0.39 is 0 Å². The van der Waals surface area contributed by atoms with Crippen LogP contribution in [0.2, 0.25) is 0 Å². The van der Waals surface area contributed by atoms with Crippen LogP contribution < -0.4 is 0 Å². The molecule has 0 fully saturated rings. The van der Waals surface area contributed by atoms with Gasteiger partial charge in [0.1, 0.15) is 0 Å². The molecule has 0 heterocycles. The normalized spacial score (nSPS) is 10.4. The van der Waals surface area contributed by atoms with Gasteiger partial charge in [-0.3, -0.25) is 0 Å². The van der Waals surface area contributed by atoms with Crippen molar-refractivity contribution >= 4 is 0 Å². The molecule has 0 aliphatic carbocycles. The van der Waals surface area contributed by atoms with E-state index in [2.05, 4.69) is 0 Å². The zero-order chi connectivity index (χ0) is 6.41. The van der Waals surface area contributed by atoms with Crippen LogP contribution in [-0.2, 0) is 0 Å². The topological polar surface area (TPSA) is 23.5 Å². The molecule has 0 aromatic rings. The fourth-order valence-electron chi connectivity index (χ4n) is 0.360. The van der Waals surface area contributed by atoms with Gasteiger partial charge in [-0.2, -0.15) is 0 Å². The summed E-state index contributed by atoms with van der Waals surface area (Å²) in [5.41, 5.74) is 0. The Morgan fingerprint density at radius 2 is 2.12 bits per heavy atom. The zero-order valence-electron chi connectivity index (χ0n) is 5.46. The molecule has 0 saturated carbocycles. The number of aliphatic hydroxyl groups is 1. The standard InChI is InChI=1S/C6H13NO/c1-7(2)5-3-4-6-8/h3,5,8H,4,6H2,1-2H3/b5-3+. The summed E-state index contributed by atoms with van der Waals surface area (Å²) in [6.07, 6.45) is 4.61. The maximum Gasteiger partial charge on any atom is 0.0466 e. The van der Waals surface area contributed by atoms with Crippen molar-refractivity contribution in [2.45, 2.75) is 6.42 Å². The highest BCUT2D eigenvalue weighted by molar-refractivity contribution is 4.77. The van der Waals surface area contributed by atoms with Gasteiger partial charge in [0.2, 0.25) is 0 Å². The summed E-state index contributed by atoms with van der Waals surface area (Å²) in [6, 6.07) is 0. The maximum absolute atomic E-state index is 8.31. The number of rotatable bonds is 3. The molecule has 0 spiro atoms. The smallest absolute Gasteiger partial charge is 0.0466 e. The average molecular weight is 115 g/mol. The number of aliphatic hydroxyl groups excluding tert-OH is 1. The molecule has 48 valence electrons. The van der Waals surface area contributed by atoms with Crippen molar-refractivity contribution in [1.82, 2.24) is 4.90 Å². The van der Waals surface area contributed by atoms with Crippen LogP contribution in [-0.4, -0.2) is 30.7 Å². The van der Waals surface area contributed by atoms with Crippen LogP contribution in [0.1, 0.15) is 6.42 Å². The summed E-state index contributed by atoms with van der Waals surface area (Å²) in [5, 5.41) is 8.31. The molecule has 2 heteroatoms. The summed E-state index contributed by atoms with van der Waals surface area (Å²) in [4.78, 5) is 1.94. The van der Waals surface area contributed by atoms with Gasteiger partial charge in [0.25, 0.3) is 0 Å². The molecule has 0 aromatic heterocycles. The lowest BCUT2D eigenvalue weighted by molar-refractivity contribution is 0.302. The third kappa shape index (κ3) is 5.50. The van der Waals surface area contributed by atoms with E-state index in [0.29, 0.717) is 0 Å². The van der Waals surface area contributed by atoms with Crippen molar-refractivity contribution in [2.24, 2.45) is 0 Å². The van der Waals surface area contributed by atoms with Crippen LogP contribution in [0, 0.1) is 0 Å². The third-order valence-electron chi connectivity index (χ3n) is 0.699. The summed E-state index contributed by atoms with van der Waals surface area (Å²) in [6.45, 7) is 0.240. The van der Waals surface area contributed by atoms with Crippen molar-refractivity contribution in [2.75, 3.05) is 20.7 Å². The predicted molar refractivity (Wildman–Crippen MR) is 34.5 cm³/mol.